The molecule has 1 fully saturated rings. The lowest BCUT2D eigenvalue weighted by molar-refractivity contribution is -0.0410. The first kappa shape index (κ1) is 9.74. The topological polar surface area (TPSA) is 64.5 Å². The standard InChI is InChI=1S/C10H12N4O/c1-12-7-4-9(11)10(13-5-7)14-6-8-2-3-15-8/h4-5,8H,2-3,6,11H2,(H,13,14)/t8-/m0/s1. The Balaban J connectivity index is 1.98. The van der Waals surface area contributed by atoms with Crippen molar-refractivity contribution >= 4 is 17.2 Å². The monoisotopic (exact) mass is 204 g/mol. The first-order valence-corrected chi connectivity index (χ1v) is 4.78. The van der Waals surface area contributed by atoms with Gasteiger partial charge in [0.25, 0.3) is 0 Å². The SMILES string of the molecule is [C-]#[N+]c1cnc(NC[C@@H]2CCO2)c(N)c1. The van der Waals surface area contributed by atoms with Gasteiger partial charge >= 0.3 is 0 Å². The van der Waals surface area contributed by atoms with Crippen LogP contribution in [0.5, 0.6) is 0 Å². The van der Waals surface area contributed by atoms with Crippen LogP contribution in [-0.2, 0) is 4.74 Å². The van der Waals surface area contributed by atoms with Gasteiger partial charge in [0, 0.05) is 19.3 Å². The minimum absolute atomic E-state index is 0.270. The third-order valence-corrected chi connectivity index (χ3v) is 2.32. The average Bonchev–Trinajstić information content (AvgIpc) is 2.18. The van der Waals surface area contributed by atoms with Crippen LogP contribution in [0, 0.1) is 6.57 Å². The minimum atomic E-state index is 0.270. The summed E-state index contributed by atoms with van der Waals surface area (Å²) in [7, 11) is 0. The fourth-order valence-corrected chi connectivity index (χ4v) is 1.34. The van der Waals surface area contributed by atoms with Crippen molar-refractivity contribution in [2.45, 2.75) is 12.5 Å². The van der Waals surface area contributed by atoms with Gasteiger partial charge in [-0.1, -0.05) is 0 Å². The molecule has 0 bridgehead atoms. The van der Waals surface area contributed by atoms with E-state index >= 15 is 0 Å². The number of nitrogens with two attached hydrogens (primary N) is 1. The van der Waals surface area contributed by atoms with Crippen LogP contribution in [0.3, 0.4) is 0 Å². The van der Waals surface area contributed by atoms with Gasteiger partial charge in [0.15, 0.2) is 0 Å². The van der Waals surface area contributed by atoms with Crippen molar-refractivity contribution in [2.75, 3.05) is 24.2 Å². The molecule has 78 valence electrons. The quantitative estimate of drug-likeness (QED) is 0.731. The van der Waals surface area contributed by atoms with Crippen LogP contribution in [0.15, 0.2) is 12.3 Å². The number of hydrogen-bond donors (Lipinski definition) is 2. The van der Waals surface area contributed by atoms with Crippen LogP contribution >= 0.6 is 0 Å². The molecule has 5 heteroatoms. The normalized spacial score (nSPS) is 19.0. The predicted molar refractivity (Wildman–Crippen MR) is 57.8 cm³/mol. The molecule has 0 amide bonds. The maximum atomic E-state index is 6.81. The number of aromatic nitrogens is 1. The molecule has 0 radical (unpaired) electrons. The van der Waals surface area contributed by atoms with Gasteiger partial charge < -0.3 is 15.8 Å². The summed E-state index contributed by atoms with van der Waals surface area (Å²) >= 11 is 0. The Morgan fingerprint density at radius 2 is 2.53 bits per heavy atom. The summed E-state index contributed by atoms with van der Waals surface area (Å²) < 4.78 is 5.26. The summed E-state index contributed by atoms with van der Waals surface area (Å²) in [5, 5.41) is 3.10. The van der Waals surface area contributed by atoms with Crippen LogP contribution in [0.1, 0.15) is 6.42 Å². The highest BCUT2D eigenvalue weighted by atomic mass is 16.5. The molecule has 0 unspecified atom stereocenters. The second-order valence-electron chi connectivity index (χ2n) is 3.41. The zero-order valence-electron chi connectivity index (χ0n) is 8.23. The van der Waals surface area contributed by atoms with Gasteiger partial charge in [-0.05, 0) is 12.5 Å². The van der Waals surface area contributed by atoms with Crippen molar-refractivity contribution < 1.29 is 4.74 Å². The molecule has 1 saturated heterocycles. The summed E-state index contributed by atoms with van der Waals surface area (Å²) in [4.78, 5) is 7.32. The summed E-state index contributed by atoms with van der Waals surface area (Å²) in [6.45, 7) is 8.37. The Morgan fingerprint density at radius 1 is 1.73 bits per heavy atom. The lowest BCUT2D eigenvalue weighted by Crippen LogP contribution is -2.33. The van der Waals surface area contributed by atoms with E-state index in [0.717, 1.165) is 13.0 Å². The van der Waals surface area contributed by atoms with Gasteiger partial charge in [0.1, 0.15) is 5.82 Å². The molecule has 1 atom stereocenters. The second-order valence-corrected chi connectivity index (χ2v) is 3.41. The molecule has 2 heterocycles. The lowest BCUT2D eigenvalue weighted by atomic mass is 10.2. The van der Waals surface area contributed by atoms with Gasteiger partial charge in [-0.2, -0.15) is 0 Å². The highest BCUT2D eigenvalue weighted by Gasteiger charge is 2.17. The number of hydrogen-bond acceptors (Lipinski definition) is 4. The molecule has 0 aromatic carbocycles. The van der Waals surface area contributed by atoms with E-state index in [1.165, 1.54) is 6.20 Å². The van der Waals surface area contributed by atoms with Crippen molar-refractivity contribution in [3.05, 3.63) is 23.7 Å². The summed E-state index contributed by atoms with van der Waals surface area (Å²) in [6.07, 6.45) is 2.85. The van der Waals surface area contributed by atoms with Crippen molar-refractivity contribution in [1.82, 2.24) is 4.98 Å². The number of rotatable bonds is 3. The van der Waals surface area contributed by atoms with Crippen molar-refractivity contribution in [3.8, 4) is 0 Å². The molecule has 1 aliphatic heterocycles. The number of ether oxygens (including phenoxy) is 1. The van der Waals surface area contributed by atoms with Crippen molar-refractivity contribution in [1.29, 1.82) is 0 Å². The van der Waals surface area contributed by atoms with Gasteiger partial charge in [0.05, 0.1) is 18.4 Å². The highest BCUT2D eigenvalue weighted by molar-refractivity contribution is 5.66. The minimum Gasteiger partial charge on any atom is -0.397 e. The third-order valence-electron chi connectivity index (χ3n) is 2.32. The molecule has 0 spiro atoms. The highest BCUT2D eigenvalue weighted by Crippen LogP contribution is 2.22. The average molecular weight is 204 g/mol. The number of pyridine rings is 1. The smallest absolute Gasteiger partial charge is 0.207 e. The van der Waals surface area contributed by atoms with E-state index < -0.39 is 0 Å². The second kappa shape index (κ2) is 4.15. The molecule has 0 saturated carbocycles. The van der Waals surface area contributed by atoms with Crippen LogP contribution in [0.4, 0.5) is 17.2 Å². The van der Waals surface area contributed by atoms with E-state index in [-0.39, 0.29) is 6.10 Å². The van der Waals surface area contributed by atoms with Gasteiger partial charge in [-0.15, -0.1) is 0 Å². The number of anilines is 2. The van der Waals surface area contributed by atoms with Gasteiger partial charge in [0.2, 0.25) is 5.69 Å². The number of nitrogen functional groups attached to an aromatic ring is 1. The Morgan fingerprint density at radius 3 is 3.07 bits per heavy atom. The zero-order valence-corrected chi connectivity index (χ0v) is 8.23. The van der Waals surface area contributed by atoms with E-state index in [0.29, 0.717) is 23.7 Å². The van der Waals surface area contributed by atoms with E-state index in [2.05, 4.69) is 15.1 Å². The van der Waals surface area contributed by atoms with Gasteiger partial charge in [-0.3, -0.25) is 0 Å². The molecule has 2 rings (SSSR count). The lowest BCUT2D eigenvalue weighted by Gasteiger charge is -2.26. The molecule has 15 heavy (non-hydrogen) atoms. The van der Waals surface area contributed by atoms with Crippen LogP contribution in [-0.4, -0.2) is 24.2 Å². The van der Waals surface area contributed by atoms with E-state index in [4.69, 9.17) is 17.0 Å². The largest absolute Gasteiger partial charge is 0.397 e. The molecule has 5 nitrogen and oxygen atoms in total. The molecule has 1 aromatic heterocycles. The maximum Gasteiger partial charge on any atom is 0.207 e. The molecular weight excluding hydrogens is 192 g/mol. The van der Waals surface area contributed by atoms with Gasteiger partial charge in [-0.25, -0.2) is 9.83 Å². The Bertz CT molecular complexity index is 395. The fraction of sp³-hybridized carbons (Fsp3) is 0.400. The van der Waals surface area contributed by atoms with Crippen molar-refractivity contribution in [2.24, 2.45) is 0 Å². The van der Waals surface area contributed by atoms with Crippen LogP contribution in [0.2, 0.25) is 0 Å². The summed E-state index contributed by atoms with van der Waals surface area (Å²) in [5.41, 5.74) is 6.69. The molecule has 0 aliphatic carbocycles. The first-order valence-electron chi connectivity index (χ1n) is 4.78. The van der Waals surface area contributed by atoms with E-state index in [1.54, 1.807) is 6.07 Å². The summed E-state index contributed by atoms with van der Waals surface area (Å²) in [5.74, 6) is 0.623. The maximum absolute atomic E-state index is 6.81. The van der Waals surface area contributed by atoms with Crippen LogP contribution < -0.4 is 11.1 Å². The Kier molecular flexibility index (Phi) is 2.70. The molecule has 1 aromatic rings. The molecule has 1 aliphatic rings. The first-order chi connectivity index (χ1) is 7.29. The summed E-state index contributed by atoms with van der Waals surface area (Å²) in [6, 6.07) is 1.62. The zero-order chi connectivity index (χ0) is 10.7. The van der Waals surface area contributed by atoms with E-state index in [1.807, 2.05) is 0 Å². The predicted octanol–water partition coefficient (Wildman–Crippen LogP) is 1.42. The molecular formula is C10H12N4O. The van der Waals surface area contributed by atoms with Crippen LogP contribution in [0.25, 0.3) is 4.85 Å². The number of nitrogens with zero attached hydrogens (tertiary/aromatic N) is 2. The Hall–Kier alpha value is -1.80. The number of nitrogens with one attached hydrogen (secondary N) is 1. The Labute approximate surface area is 88.1 Å². The van der Waals surface area contributed by atoms with E-state index in [9.17, 15) is 0 Å². The molecule has 3 N–H and O–H groups in total. The van der Waals surface area contributed by atoms with Crippen molar-refractivity contribution in [3.63, 3.8) is 0 Å². The fourth-order valence-electron chi connectivity index (χ4n) is 1.34. The third kappa shape index (κ3) is 2.17.